The van der Waals surface area contributed by atoms with Crippen LogP contribution in [0.25, 0.3) is 73.0 Å². The predicted molar refractivity (Wildman–Crippen MR) is 207 cm³/mol. The first-order valence-electron chi connectivity index (χ1n) is 15.9. The number of benzene rings is 8. The van der Waals surface area contributed by atoms with E-state index in [0.29, 0.717) is 0 Å². The summed E-state index contributed by atoms with van der Waals surface area (Å²) in [6.45, 7) is 0. The molecule has 2 heterocycles. The lowest BCUT2D eigenvalue weighted by Gasteiger charge is -2.25. The maximum absolute atomic E-state index is 2.37. The van der Waals surface area contributed by atoms with Crippen LogP contribution in [0, 0.1) is 0 Å². The molecule has 0 saturated carbocycles. The molecule has 0 amide bonds. The highest BCUT2D eigenvalue weighted by molar-refractivity contribution is 7.29. The SMILES string of the molecule is c1ccc(N(c2ccc(-c3cccc4ccccc34)cc2)c2ccc3c(c2)sc2ccc4c5cc6ccccc6cc5sc4c23)cc1. The molecule has 3 heteroatoms. The van der Waals surface area contributed by atoms with Gasteiger partial charge in [0.05, 0.1) is 0 Å². The van der Waals surface area contributed by atoms with E-state index in [2.05, 4.69) is 169 Å². The zero-order chi connectivity index (χ0) is 30.9. The number of anilines is 3. The zero-order valence-electron chi connectivity index (χ0n) is 25.4. The van der Waals surface area contributed by atoms with Crippen molar-refractivity contribution in [2.24, 2.45) is 0 Å². The topological polar surface area (TPSA) is 3.24 Å². The Morgan fingerprint density at radius 2 is 1.02 bits per heavy atom. The molecule has 0 spiro atoms. The summed E-state index contributed by atoms with van der Waals surface area (Å²) in [5, 5.41) is 10.5. The second-order valence-corrected chi connectivity index (χ2v) is 14.3. The second kappa shape index (κ2) is 10.5. The van der Waals surface area contributed by atoms with Crippen LogP contribution in [0.1, 0.15) is 0 Å². The molecule has 1 nitrogen and oxygen atoms in total. The van der Waals surface area contributed by atoms with Crippen LogP contribution in [0.15, 0.2) is 164 Å². The van der Waals surface area contributed by atoms with Crippen molar-refractivity contribution in [1.82, 2.24) is 0 Å². The van der Waals surface area contributed by atoms with E-state index in [4.69, 9.17) is 0 Å². The highest BCUT2D eigenvalue weighted by Gasteiger charge is 2.18. The Morgan fingerprint density at radius 3 is 1.87 bits per heavy atom. The van der Waals surface area contributed by atoms with E-state index in [0.717, 1.165) is 17.1 Å². The third kappa shape index (κ3) is 4.28. The van der Waals surface area contributed by atoms with E-state index in [-0.39, 0.29) is 0 Å². The molecule has 10 aromatic rings. The molecule has 0 aliphatic rings. The minimum Gasteiger partial charge on any atom is -0.310 e. The molecule has 0 saturated heterocycles. The maximum Gasteiger partial charge on any atom is 0.0476 e. The summed E-state index contributed by atoms with van der Waals surface area (Å²) in [5.74, 6) is 0. The van der Waals surface area contributed by atoms with Gasteiger partial charge in [0.1, 0.15) is 0 Å². The molecule has 0 unspecified atom stereocenters. The number of para-hydroxylation sites is 1. The molecule has 0 fully saturated rings. The molecule has 8 aromatic carbocycles. The molecule has 0 aliphatic heterocycles. The van der Waals surface area contributed by atoms with Crippen molar-refractivity contribution in [1.29, 1.82) is 0 Å². The van der Waals surface area contributed by atoms with Crippen LogP contribution in [0.3, 0.4) is 0 Å². The number of thiophene rings is 2. The smallest absolute Gasteiger partial charge is 0.0476 e. The lowest BCUT2D eigenvalue weighted by Crippen LogP contribution is -2.09. The third-order valence-electron chi connectivity index (χ3n) is 9.42. The number of fused-ring (bicyclic) bond motifs is 9. The Kier molecular flexibility index (Phi) is 5.98. The van der Waals surface area contributed by atoms with Crippen LogP contribution in [0.2, 0.25) is 0 Å². The summed E-state index contributed by atoms with van der Waals surface area (Å²) in [5.41, 5.74) is 5.92. The van der Waals surface area contributed by atoms with Gasteiger partial charge in [-0.15, -0.1) is 22.7 Å². The molecule has 0 bridgehead atoms. The fourth-order valence-electron chi connectivity index (χ4n) is 7.20. The summed E-state index contributed by atoms with van der Waals surface area (Å²) >= 11 is 3.82. The average Bonchev–Trinajstić information content (AvgIpc) is 3.68. The van der Waals surface area contributed by atoms with Gasteiger partial charge in [0.15, 0.2) is 0 Å². The van der Waals surface area contributed by atoms with Gasteiger partial charge < -0.3 is 4.90 Å². The first kappa shape index (κ1) is 26.7. The van der Waals surface area contributed by atoms with Crippen molar-refractivity contribution in [2.75, 3.05) is 4.90 Å². The molecule has 2 aromatic heterocycles. The monoisotopic (exact) mass is 633 g/mol. The molecule has 10 rings (SSSR count). The van der Waals surface area contributed by atoms with Crippen molar-refractivity contribution >= 4 is 102 Å². The first-order chi connectivity index (χ1) is 23.3. The lowest BCUT2D eigenvalue weighted by atomic mass is 9.98. The van der Waals surface area contributed by atoms with E-state index >= 15 is 0 Å². The van der Waals surface area contributed by atoms with Crippen molar-refractivity contribution in [3.8, 4) is 11.1 Å². The van der Waals surface area contributed by atoms with Crippen LogP contribution < -0.4 is 4.90 Å². The molecule has 47 heavy (non-hydrogen) atoms. The molecular formula is C44H27NS2. The molecule has 0 radical (unpaired) electrons. The molecule has 0 aliphatic carbocycles. The highest BCUT2D eigenvalue weighted by Crippen LogP contribution is 2.47. The standard InChI is InChI=1S/C44H27NS2/c1-2-13-32(14-3-1)45(33-19-17-29(18-20-33)36-16-8-12-28-9-6-7-15-35(28)36)34-21-22-38-42(27-34)46-40-24-23-37-39-25-30-10-4-5-11-31(30)26-41(39)47-44(37)43(38)40/h1-27H. The largest absolute Gasteiger partial charge is 0.310 e. The third-order valence-corrected chi connectivity index (χ3v) is 11.7. The summed E-state index contributed by atoms with van der Waals surface area (Å²) in [6, 6.07) is 60.0. The van der Waals surface area contributed by atoms with Crippen LogP contribution in [-0.2, 0) is 0 Å². The first-order valence-corrected chi connectivity index (χ1v) is 17.6. The van der Waals surface area contributed by atoms with Crippen LogP contribution >= 0.6 is 22.7 Å². The number of hydrogen-bond acceptors (Lipinski definition) is 3. The molecule has 220 valence electrons. The fourth-order valence-corrected chi connectivity index (χ4v) is 9.70. The maximum atomic E-state index is 2.37. The van der Waals surface area contributed by atoms with E-state index in [9.17, 15) is 0 Å². The highest BCUT2D eigenvalue weighted by atomic mass is 32.1. The van der Waals surface area contributed by atoms with Crippen molar-refractivity contribution < 1.29 is 0 Å². The fraction of sp³-hybridized carbons (Fsp3) is 0. The molecule has 0 atom stereocenters. The summed E-state index contributed by atoms with van der Waals surface area (Å²) in [7, 11) is 0. The number of rotatable bonds is 4. The van der Waals surface area contributed by atoms with Gasteiger partial charge >= 0.3 is 0 Å². The van der Waals surface area contributed by atoms with Gasteiger partial charge in [-0.1, -0.05) is 109 Å². The summed E-state index contributed by atoms with van der Waals surface area (Å²) in [6.07, 6.45) is 0. The predicted octanol–water partition coefficient (Wildman–Crippen LogP) is 13.9. The quantitative estimate of drug-likeness (QED) is 0.186. The van der Waals surface area contributed by atoms with Crippen LogP contribution in [0.4, 0.5) is 17.1 Å². The van der Waals surface area contributed by atoms with Gasteiger partial charge in [-0.05, 0) is 87.3 Å². The van der Waals surface area contributed by atoms with Crippen molar-refractivity contribution in [3.05, 3.63) is 164 Å². The molecular weight excluding hydrogens is 607 g/mol. The normalized spacial score (nSPS) is 11.8. The second-order valence-electron chi connectivity index (χ2n) is 12.1. The van der Waals surface area contributed by atoms with E-state index in [1.807, 2.05) is 22.7 Å². The lowest BCUT2D eigenvalue weighted by molar-refractivity contribution is 1.29. The summed E-state index contributed by atoms with van der Waals surface area (Å²) in [4.78, 5) is 2.37. The molecule has 0 N–H and O–H groups in total. The van der Waals surface area contributed by atoms with Gasteiger partial charge in [0.25, 0.3) is 0 Å². The number of nitrogens with zero attached hydrogens (tertiary/aromatic N) is 1. The van der Waals surface area contributed by atoms with Gasteiger partial charge in [-0.25, -0.2) is 0 Å². The van der Waals surface area contributed by atoms with Gasteiger partial charge in [0, 0.05) is 57.4 Å². The Balaban J connectivity index is 1.11. The Hall–Kier alpha value is -5.48. The van der Waals surface area contributed by atoms with Crippen molar-refractivity contribution in [3.63, 3.8) is 0 Å². The average molecular weight is 634 g/mol. The van der Waals surface area contributed by atoms with E-state index in [1.54, 1.807) is 0 Å². The van der Waals surface area contributed by atoms with Crippen LogP contribution in [-0.4, -0.2) is 0 Å². The van der Waals surface area contributed by atoms with Crippen LogP contribution in [0.5, 0.6) is 0 Å². The minimum absolute atomic E-state index is 1.14. The Labute approximate surface area is 280 Å². The van der Waals surface area contributed by atoms with Gasteiger partial charge in [0.2, 0.25) is 0 Å². The zero-order valence-corrected chi connectivity index (χ0v) is 27.0. The van der Waals surface area contributed by atoms with E-state index < -0.39 is 0 Å². The summed E-state index contributed by atoms with van der Waals surface area (Å²) < 4.78 is 5.38. The Morgan fingerprint density at radius 1 is 0.362 bits per heavy atom. The van der Waals surface area contributed by atoms with Crippen molar-refractivity contribution in [2.45, 2.75) is 0 Å². The van der Waals surface area contributed by atoms with Gasteiger partial charge in [-0.2, -0.15) is 0 Å². The number of hydrogen-bond donors (Lipinski definition) is 0. The van der Waals surface area contributed by atoms with E-state index in [1.165, 1.54) is 73.0 Å². The minimum atomic E-state index is 1.14. The Bertz CT molecular complexity index is 2780. The van der Waals surface area contributed by atoms with Gasteiger partial charge in [-0.3, -0.25) is 0 Å².